The van der Waals surface area contributed by atoms with Gasteiger partial charge < -0.3 is 5.73 Å². The van der Waals surface area contributed by atoms with Crippen molar-refractivity contribution in [1.29, 1.82) is 0 Å². The molecule has 2 N–H and O–H groups in total. The van der Waals surface area contributed by atoms with Gasteiger partial charge in [-0.15, -0.1) is 0 Å². The van der Waals surface area contributed by atoms with Crippen molar-refractivity contribution in [3.05, 3.63) is 52.0 Å². The van der Waals surface area contributed by atoms with E-state index >= 15 is 0 Å². The third-order valence-electron chi connectivity index (χ3n) is 2.32. The Kier molecular flexibility index (Phi) is 3.22. The molecule has 2 aromatic rings. The first-order valence-corrected chi connectivity index (χ1v) is 5.44. The number of benzene rings is 2. The Morgan fingerprint density at radius 1 is 0.882 bits per heavy atom. The molecule has 0 aliphatic heterocycles. The molecule has 0 bridgehead atoms. The fraction of sp³-hybridized carbons (Fsp3) is 0. The highest BCUT2D eigenvalue weighted by Crippen LogP contribution is 2.35. The molecule has 0 radical (unpaired) electrons. The van der Waals surface area contributed by atoms with E-state index in [0.29, 0.717) is 21.8 Å². The van der Waals surface area contributed by atoms with Gasteiger partial charge in [0, 0.05) is 21.8 Å². The standard InChI is InChI=1S/C12H7Cl2F2N/c13-6-1-2-12(17)8(3-6)7-4-10(15)11(16)5-9(7)14/h1-5H,17H2. The first kappa shape index (κ1) is 12.1. The van der Waals surface area contributed by atoms with E-state index in [1.807, 2.05) is 0 Å². The minimum Gasteiger partial charge on any atom is -0.398 e. The van der Waals surface area contributed by atoms with Gasteiger partial charge in [0.05, 0.1) is 5.02 Å². The molecule has 0 spiro atoms. The summed E-state index contributed by atoms with van der Waals surface area (Å²) < 4.78 is 26.1. The Morgan fingerprint density at radius 2 is 1.53 bits per heavy atom. The van der Waals surface area contributed by atoms with Crippen molar-refractivity contribution in [2.24, 2.45) is 0 Å². The maximum atomic E-state index is 13.2. The van der Waals surface area contributed by atoms with Gasteiger partial charge >= 0.3 is 0 Å². The maximum Gasteiger partial charge on any atom is 0.160 e. The molecule has 2 aromatic carbocycles. The van der Waals surface area contributed by atoms with E-state index in [4.69, 9.17) is 28.9 Å². The Balaban J connectivity index is 2.68. The Bertz CT molecular complexity index is 585. The van der Waals surface area contributed by atoms with Crippen LogP contribution in [-0.2, 0) is 0 Å². The summed E-state index contributed by atoms with van der Waals surface area (Å²) in [5.41, 5.74) is 6.92. The molecule has 0 fully saturated rings. The van der Waals surface area contributed by atoms with Crippen molar-refractivity contribution < 1.29 is 8.78 Å². The van der Waals surface area contributed by atoms with Crippen molar-refractivity contribution in [2.75, 3.05) is 5.73 Å². The molecule has 0 aromatic heterocycles. The highest BCUT2D eigenvalue weighted by Gasteiger charge is 2.12. The molecule has 88 valence electrons. The maximum absolute atomic E-state index is 13.2. The van der Waals surface area contributed by atoms with Gasteiger partial charge in [0.1, 0.15) is 0 Å². The van der Waals surface area contributed by atoms with E-state index in [9.17, 15) is 8.78 Å². The normalized spacial score (nSPS) is 10.6. The zero-order valence-electron chi connectivity index (χ0n) is 8.48. The van der Waals surface area contributed by atoms with Crippen molar-refractivity contribution in [3.8, 4) is 11.1 Å². The van der Waals surface area contributed by atoms with Crippen LogP contribution in [-0.4, -0.2) is 0 Å². The zero-order valence-corrected chi connectivity index (χ0v) is 9.99. The Morgan fingerprint density at radius 3 is 2.24 bits per heavy atom. The van der Waals surface area contributed by atoms with Crippen LogP contribution in [0.15, 0.2) is 30.3 Å². The minimum absolute atomic E-state index is 0.0814. The van der Waals surface area contributed by atoms with Gasteiger partial charge in [0.15, 0.2) is 11.6 Å². The fourth-order valence-corrected chi connectivity index (χ4v) is 1.91. The monoisotopic (exact) mass is 273 g/mol. The van der Waals surface area contributed by atoms with Crippen LogP contribution in [0.4, 0.5) is 14.5 Å². The van der Waals surface area contributed by atoms with Crippen LogP contribution in [0.1, 0.15) is 0 Å². The molecule has 5 heteroatoms. The second kappa shape index (κ2) is 4.51. The lowest BCUT2D eigenvalue weighted by Crippen LogP contribution is -1.93. The Labute approximate surface area is 107 Å². The zero-order chi connectivity index (χ0) is 12.6. The average molecular weight is 274 g/mol. The van der Waals surface area contributed by atoms with Crippen LogP contribution in [0.3, 0.4) is 0 Å². The third kappa shape index (κ3) is 2.35. The van der Waals surface area contributed by atoms with E-state index in [1.54, 1.807) is 18.2 Å². The lowest BCUT2D eigenvalue weighted by molar-refractivity contribution is 0.509. The van der Waals surface area contributed by atoms with Crippen LogP contribution in [0, 0.1) is 11.6 Å². The van der Waals surface area contributed by atoms with E-state index < -0.39 is 11.6 Å². The van der Waals surface area contributed by atoms with Gasteiger partial charge in [-0.1, -0.05) is 23.2 Å². The van der Waals surface area contributed by atoms with Crippen LogP contribution in [0.5, 0.6) is 0 Å². The molecule has 2 rings (SSSR count). The highest BCUT2D eigenvalue weighted by molar-refractivity contribution is 6.34. The summed E-state index contributed by atoms with van der Waals surface area (Å²) in [5.74, 6) is -1.98. The summed E-state index contributed by atoms with van der Waals surface area (Å²) in [6, 6.07) is 6.64. The molecule has 0 atom stereocenters. The highest BCUT2D eigenvalue weighted by atomic mass is 35.5. The minimum atomic E-state index is -1.00. The molecule has 1 nitrogen and oxygen atoms in total. The number of nitrogen functional groups attached to an aromatic ring is 1. The predicted molar refractivity (Wildman–Crippen MR) is 66.2 cm³/mol. The molecule has 0 aliphatic rings. The predicted octanol–water partition coefficient (Wildman–Crippen LogP) is 4.52. The van der Waals surface area contributed by atoms with Gasteiger partial charge in [0.25, 0.3) is 0 Å². The molecule has 0 aliphatic carbocycles. The van der Waals surface area contributed by atoms with Gasteiger partial charge in [-0.3, -0.25) is 0 Å². The van der Waals surface area contributed by atoms with Crippen molar-refractivity contribution in [1.82, 2.24) is 0 Å². The van der Waals surface area contributed by atoms with Crippen LogP contribution >= 0.6 is 23.2 Å². The molecular weight excluding hydrogens is 267 g/mol. The number of hydrogen-bond donors (Lipinski definition) is 1. The SMILES string of the molecule is Nc1ccc(Cl)cc1-c1cc(F)c(F)cc1Cl. The van der Waals surface area contributed by atoms with Gasteiger partial charge in [-0.25, -0.2) is 8.78 Å². The summed E-state index contributed by atoms with van der Waals surface area (Å²) in [5, 5.41) is 0.521. The van der Waals surface area contributed by atoms with Crippen LogP contribution in [0.2, 0.25) is 10.0 Å². The molecule has 17 heavy (non-hydrogen) atoms. The second-order valence-corrected chi connectivity index (χ2v) is 4.32. The molecule has 0 heterocycles. The van der Waals surface area contributed by atoms with Crippen molar-refractivity contribution in [3.63, 3.8) is 0 Å². The summed E-state index contributed by atoms with van der Waals surface area (Å²) in [4.78, 5) is 0. The summed E-state index contributed by atoms with van der Waals surface area (Å²) >= 11 is 11.7. The van der Waals surface area contributed by atoms with E-state index in [0.717, 1.165) is 12.1 Å². The number of halogens is 4. The van der Waals surface area contributed by atoms with Gasteiger partial charge in [-0.05, 0) is 30.3 Å². The molecule has 0 saturated carbocycles. The first-order valence-electron chi connectivity index (χ1n) is 4.69. The van der Waals surface area contributed by atoms with Crippen LogP contribution < -0.4 is 5.73 Å². The summed E-state index contributed by atoms with van der Waals surface area (Å²) in [6.45, 7) is 0. The summed E-state index contributed by atoms with van der Waals surface area (Å²) in [6.07, 6.45) is 0. The lowest BCUT2D eigenvalue weighted by atomic mass is 10.0. The number of anilines is 1. The fourth-order valence-electron chi connectivity index (χ4n) is 1.49. The average Bonchev–Trinajstić information content (AvgIpc) is 2.27. The summed E-state index contributed by atoms with van der Waals surface area (Å²) in [7, 11) is 0. The molecular formula is C12H7Cl2F2N. The number of nitrogens with two attached hydrogens (primary N) is 1. The molecule has 0 unspecified atom stereocenters. The Hall–Kier alpha value is -1.32. The largest absolute Gasteiger partial charge is 0.398 e. The molecule has 0 amide bonds. The van der Waals surface area contributed by atoms with Gasteiger partial charge in [-0.2, -0.15) is 0 Å². The van der Waals surface area contributed by atoms with Crippen molar-refractivity contribution >= 4 is 28.9 Å². The third-order valence-corrected chi connectivity index (χ3v) is 2.86. The second-order valence-electron chi connectivity index (χ2n) is 3.48. The van der Waals surface area contributed by atoms with Crippen LogP contribution in [0.25, 0.3) is 11.1 Å². The van der Waals surface area contributed by atoms with Gasteiger partial charge in [0.2, 0.25) is 0 Å². The van der Waals surface area contributed by atoms with E-state index in [-0.39, 0.29) is 5.02 Å². The first-order chi connectivity index (χ1) is 7.99. The lowest BCUT2D eigenvalue weighted by Gasteiger charge is -2.09. The van der Waals surface area contributed by atoms with E-state index in [1.165, 1.54) is 0 Å². The smallest absolute Gasteiger partial charge is 0.160 e. The number of rotatable bonds is 1. The number of hydrogen-bond acceptors (Lipinski definition) is 1. The topological polar surface area (TPSA) is 26.0 Å². The molecule has 0 saturated heterocycles. The quantitative estimate of drug-likeness (QED) is 0.600. The van der Waals surface area contributed by atoms with Crippen molar-refractivity contribution in [2.45, 2.75) is 0 Å². The van der Waals surface area contributed by atoms with E-state index in [2.05, 4.69) is 0 Å².